The van der Waals surface area contributed by atoms with Crippen molar-refractivity contribution >= 4 is 0 Å². The molecule has 0 amide bonds. The van der Waals surface area contributed by atoms with Gasteiger partial charge in [0, 0.05) is 0 Å². The maximum Gasteiger partial charge on any atom is 0.0800 e. The van der Waals surface area contributed by atoms with E-state index >= 15 is 0 Å². The Morgan fingerprint density at radius 2 is 2.17 bits per heavy atom. The molecule has 0 aromatic carbocycles. The van der Waals surface area contributed by atoms with Crippen LogP contribution in [0.4, 0.5) is 0 Å². The van der Waals surface area contributed by atoms with Crippen molar-refractivity contribution in [2.75, 3.05) is 0 Å². The standard InChI is InChI=1S/C11H18O/c1-8-7-10(8)9-3-5-11(2,12)6-4-9/h3,5,8-10,12H,4,6-7H2,1-2H3. The lowest BCUT2D eigenvalue weighted by molar-refractivity contribution is 0.0861. The molecule has 1 nitrogen and oxygen atoms in total. The predicted octanol–water partition coefficient (Wildman–Crippen LogP) is 2.36. The van der Waals surface area contributed by atoms with E-state index in [9.17, 15) is 5.11 Å². The summed E-state index contributed by atoms with van der Waals surface area (Å²) in [5.41, 5.74) is -0.519. The molecule has 4 atom stereocenters. The van der Waals surface area contributed by atoms with Crippen LogP contribution in [0.2, 0.25) is 0 Å². The zero-order chi connectivity index (χ0) is 8.77. The zero-order valence-electron chi connectivity index (χ0n) is 7.96. The third-order valence-electron chi connectivity index (χ3n) is 3.41. The van der Waals surface area contributed by atoms with E-state index in [4.69, 9.17) is 0 Å². The second-order valence-corrected chi connectivity index (χ2v) is 4.80. The van der Waals surface area contributed by atoms with Gasteiger partial charge in [-0.15, -0.1) is 0 Å². The molecule has 0 aliphatic heterocycles. The van der Waals surface area contributed by atoms with Crippen LogP contribution in [0.1, 0.15) is 33.1 Å². The van der Waals surface area contributed by atoms with E-state index in [-0.39, 0.29) is 0 Å². The molecule has 1 N–H and O–H groups in total. The van der Waals surface area contributed by atoms with Crippen LogP contribution in [0.25, 0.3) is 0 Å². The summed E-state index contributed by atoms with van der Waals surface area (Å²) in [5.74, 6) is 2.63. The van der Waals surface area contributed by atoms with Gasteiger partial charge in [0.25, 0.3) is 0 Å². The summed E-state index contributed by atoms with van der Waals surface area (Å²) < 4.78 is 0. The SMILES string of the molecule is CC1CC1C1C=CC(C)(O)CC1. The first-order valence-electron chi connectivity index (χ1n) is 5.00. The van der Waals surface area contributed by atoms with E-state index in [2.05, 4.69) is 13.0 Å². The maximum absolute atomic E-state index is 9.67. The van der Waals surface area contributed by atoms with Gasteiger partial charge in [-0.3, -0.25) is 0 Å². The highest BCUT2D eigenvalue weighted by atomic mass is 16.3. The lowest BCUT2D eigenvalue weighted by atomic mass is 9.83. The highest BCUT2D eigenvalue weighted by molar-refractivity contribution is 5.09. The van der Waals surface area contributed by atoms with E-state index in [1.54, 1.807) is 0 Å². The third kappa shape index (κ3) is 1.56. The zero-order valence-corrected chi connectivity index (χ0v) is 7.96. The van der Waals surface area contributed by atoms with Crippen LogP contribution in [0.5, 0.6) is 0 Å². The van der Waals surface area contributed by atoms with Gasteiger partial charge >= 0.3 is 0 Å². The van der Waals surface area contributed by atoms with Crippen LogP contribution in [-0.2, 0) is 0 Å². The molecular formula is C11H18O. The summed E-state index contributed by atoms with van der Waals surface area (Å²) in [5, 5.41) is 9.67. The monoisotopic (exact) mass is 166 g/mol. The minimum Gasteiger partial charge on any atom is -0.386 e. The topological polar surface area (TPSA) is 20.2 Å². The normalized spacial score (nSPS) is 52.4. The number of hydrogen-bond acceptors (Lipinski definition) is 1. The van der Waals surface area contributed by atoms with E-state index in [0.29, 0.717) is 0 Å². The molecule has 0 saturated heterocycles. The second-order valence-electron chi connectivity index (χ2n) is 4.80. The van der Waals surface area contributed by atoms with Crippen molar-refractivity contribution in [3.63, 3.8) is 0 Å². The quantitative estimate of drug-likeness (QED) is 0.593. The fourth-order valence-electron chi connectivity index (χ4n) is 2.27. The summed E-state index contributed by atoms with van der Waals surface area (Å²) in [6, 6.07) is 0. The Morgan fingerprint density at radius 1 is 1.50 bits per heavy atom. The summed E-state index contributed by atoms with van der Waals surface area (Å²) in [4.78, 5) is 0. The Morgan fingerprint density at radius 3 is 2.58 bits per heavy atom. The lowest BCUT2D eigenvalue weighted by Crippen LogP contribution is -2.26. The van der Waals surface area contributed by atoms with Crippen LogP contribution in [0.15, 0.2) is 12.2 Å². The van der Waals surface area contributed by atoms with Gasteiger partial charge < -0.3 is 5.11 Å². The van der Waals surface area contributed by atoms with Crippen molar-refractivity contribution in [1.29, 1.82) is 0 Å². The molecule has 12 heavy (non-hydrogen) atoms. The van der Waals surface area contributed by atoms with Crippen LogP contribution >= 0.6 is 0 Å². The Kier molecular flexibility index (Phi) is 1.80. The summed E-state index contributed by atoms with van der Waals surface area (Å²) in [6.07, 6.45) is 7.75. The molecule has 1 heteroatoms. The average Bonchev–Trinajstić information content (AvgIpc) is 2.67. The molecule has 0 aromatic rings. The van der Waals surface area contributed by atoms with E-state index < -0.39 is 5.60 Å². The van der Waals surface area contributed by atoms with Gasteiger partial charge in [0.05, 0.1) is 5.60 Å². The first-order chi connectivity index (χ1) is 5.58. The Balaban J connectivity index is 1.97. The Bertz CT molecular complexity index is 205. The van der Waals surface area contributed by atoms with Gasteiger partial charge in [-0.2, -0.15) is 0 Å². The molecule has 0 aromatic heterocycles. The highest BCUT2D eigenvalue weighted by Crippen LogP contribution is 2.47. The average molecular weight is 166 g/mol. The molecule has 0 heterocycles. The highest BCUT2D eigenvalue weighted by Gasteiger charge is 2.40. The largest absolute Gasteiger partial charge is 0.386 e. The molecule has 0 spiro atoms. The number of aliphatic hydroxyl groups is 1. The molecule has 2 aliphatic rings. The molecule has 2 aliphatic carbocycles. The number of hydrogen-bond donors (Lipinski definition) is 1. The Labute approximate surface area is 74.5 Å². The summed E-state index contributed by atoms with van der Waals surface area (Å²) in [7, 11) is 0. The van der Waals surface area contributed by atoms with Gasteiger partial charge in [0.1, 0.15) is 0 Å². The molecule has 0 radical (unpaired) electrons. The molecule has 1 saturated carbocycles. The van der Waals surface area contributed by atoms with Crippen molar-refractivity contribution in [3.8, 4) is 0 Å². The van der Waals surface area contributed by atoms with Gasteiger partial charge in [0.2, 0.25) is 0 Å². The van der Waals surface area contributed by atoms with Gasteiger partial charge in [-0.1, -0.05) is 19.1 Å². The van der Waals surface area contributed by atoms with E-state index in [1.165, 1.54) is 12.8 Å². The van der Waals surface area contributed by atoms with Gasteiger partial charge in [-0.25, -0.2) is 0 Å². The lowest BCUT2D eigenvalue weighted by Gasteiger charge is -2.27. The molecule has 0 bridgehead atoms. The van der Waals surface area contributed by atoms with Crippen LogP contribution < -0.4 is 0 Å². The summed E-state index contributed by atoms with van der Waals surface area (Å²) in [6.45, 7) is 4.22. The van der Waals surface area contributed by atoms with Crippen molar-refractivity contribution in [1.82, 2.24) is 0 Å². The van der Waals surface area contributed by atoms with Crippen LogP contribution in [0.3, 0.4) is 0 Å². The van der Waals surface area contributed by atoms with Gasteiger partial charge in [-0.05, 0) is 43.9 Å². The second kappa shape index (κ2) is 2.59. The minimum absolute atomic E-state index is 0.519. The molecular weight excluding hydrogens is 148 g/mol. The molecule has 4 unspecified atom stereocenters. The van der Waals surface area contributed by atoms with Crippen molar-refractivity contribution in [2.24, 2.45) is 17.8 Å². The molecule has 68 valence electrons. The summed E-state index contributed by atoms with van der Waals surface area (Å²) >= 11 is 0. The molecule has 2 rings (SSSR count). The Hall–Kier alpha value is -0.300. The number of allylic oxidation sites excluding steroid dienone is 1. The van der Waals surface area contributed by atoms with Gasteiger partial charge in [0.15, 0.2) is 0 Å². The van der Waals surface area contributed by atoms with E-state index in [0.717, 1.165) is 24.2 Å². The van der Waals surface area contributed by atoms with E-state index in [1.807, 2.05) is 13.0 Å². The minimum atomic E-state index is -0.519. The van der Waals surface area contributed by atoms with Crippen molar-refractivity contribution in [3.05, 3.63) is 12.2 Å². The fourth-order valence-corrected chi connectivity index (χ4v) is 2.27. The predicted molar refractivity (Wildman–Crippen MR) is 49.8 cm³/mol. The van der Waals surface area contributed by atoms with Crippen LogP contribution in [-0.4, -0.2) is 10.7 Å². The van der Waals surface area contributed by atoms with Crippen molar-refractivity contribution in [2.45, 2.75) is 38.7 Å². The maximum atomic E-state index is 9.67. The van der Waals surface area contributed by atoms with Crippen LogP contribution in [0, 0.1) is 17.8 Å². The smallest absolute Gasteiger partial charge is 0.0800 e. The number of rotatable bonds is 1. The fraction of sp³-hybridized carbons (Fsp3) is 0.818. The molecule has 1 fully saturated rings. The third-order valence-corrected chi connectivity index (χ3v) is 3.41. The first-order valence-corrected chi connectivity index (χ1v) is 5.00. The first kappa shape index (κ1) is 8.31. The van der Waals surface area contributed by atoms with Crippen molar-refractivity contribution < 1.29 is 5.11 Å².